The average molecular weight is 325 g/mol. The lowest BCUT2D eigenvalue weighted by Gasteiger charge is -2.22. The van der Waals surface area contributed by atoms with Crippen LogP contribution < -0.4 is 10.1 Å². The second kappa shape index (κ2) is 7.90. The van der Waals surface area contributed by atoms with Crippen LogP contribution in [0.5, 0.6) is 5.88 Å². The molecular weight excluding hydrogens is 302 g/mol. The molecule has 0 atom stereocenters. The van der Waals surface area contributed by atoms with Gasteiger partial charge in [-0.1, -0.05) is 37.5 Å². The third-order valence-corrected chi connectivity index (χ3v) is 4.57. The van der Waals surface area contributed by atoms with Crippen molar-refractivity contribution in [1.29, 1.82) is 0 Å². The second-order valence-corrected chi connectivity index (χ2v) is 6.22. The lowest BCUT2D eigenvalue weighted by molar-refractivity contribution is 0.0944. The normalized spacial score (nSPS) is 15.0. The molecule has 0 unspecified atom stereocenters. The fraction of sp³-hybridized carbons (Fsp3) is 0.421. The van der Waals surface area contributed by atoms with E-state index in [0.29, 0.717) is 23.1 Å². The first-order chi connectivity index (χ1) is 11.8. The summed E-state index contributed by atoms with van der Waals surface area (Å²) in [5, 5.41) is 11.2. The van der Waals surface area contributed by atoms with Crippen LogP contribution in [-0.4, -0.2) is 29.8 Å². The molecule has 2 aromatic rings. The smallest absolute Gasteiger partial charge is 0.251 e. The van der Waals surface area contributed by atoms with Crippen LogP contribution >= 0.6 is 0 Å². The number of amides is 1. The van der Waals surface area contributed by atoms with Gasteiger partial charge in [0.1, 0.15) is 0 Å². The highest BCUT2D eigenvalue weighted by Gasteiger charge is 2.17. The zero-order chi connectivity index (χ0) is 16.8. The molecule has 0 saturated heterocycles. The topological polar surface area (TPSA) is 64.1 Å². The molecule has 1 aromatic heterocycles. The molecule has 5 nitrogen and oxygen atoms in total. The Bertz CT molecular complexity index is 679. The van der Waals surface area contributed by atoms with Gasteiger partial charge in [-0.2, -0.15) is 0 Å². The molecule has 1 aliphatic carbocycles. The summed E-state index contributed by atoms with van der Waals surface area (Å²) in [7, 11) is 1.55. The zero-order valence-corrected chi connectivity index (χ0v) is 14.0. The van der Waals surface area contributed by atoms with Gasteiger partial charge in [0.25, 0.3) is 5.91 Å². The lowest BCUT2D eigenvalue weighted by Crippen LogP contribution is -2.30. The molecule has 1 aromatic carbocycles. The van der Waals surface area contributed by atoms with Gasteiger partial charge in [0.15, 0.2) is 0 Å². The van der Waals surface area contributed by atoms with Crippen LogP contribution in [0.15, 0.2) is 36.4 Å². The highest BCUT2D eigenvalue weighted by molar-refractivity contribution is 6.00. The van der Waals surface area contributed by atoms with E-state index in [2.05, 4.69) is 15.5 Å². The maximum atomic E-state index is 12.6. The number of hydrogen-bond donors (Lipinski definition) is 1. The molecule has 1 fully saturated rings. The minimum Gasteiger partial charge on any atom is -0.480 e. The summed E-state index contributed by atoms with van der Waals surface area (Å²) >= 11 is 0. The standard InChI is InChI=1S/C19H23N3O2/c1-24-18-12-11-17(21-22-18)15-9-5-6-10-16(15)19(23)20-13-14-7-3-2-4-8-14/h5-6,9-12,14H,2-4,7-8,13H2,1H3,(H,20,23). The Kier molecular flexibility index (Phi) is 5.41. The Morgan fingerprint density at radius 1 is 1.12 bits per heavy atom. The van der Waals surface area contributed by atoms with Crippen LogP contribution in [0.4, 0.5) is 0 Å². The molecule has 0 radical (unpaired) electrons. The molecule has 0 aliphatic heterocycles. The summed E-state index contributed by atoms with van der Waals surface area (Å²) in [5.41, 5.74) is 2.08. The van der Waals surface area contributed by atoms with Gasteiger partial charge < -0.3 is 10.1 Å². The van der Waals surface area contributed by atoms with E-state index in [1.807, 2.05) is 30.3 Å². The molecule has 3 rings (SSSR count). The Morgan fingerprint density at radius 2 is 1.92 bits per heavy atom. The number of hydrogen-bond acceptors (Lipinski definition) is 4. The summed E-state index contributed by atoms with van der Waals surface area (Å²) in [6.45, 7) is 0.751. The molecule has 1 heterocycles. The third-order valence-electron chi connectivity index (χ3n) is 4.57. The Hall–Kier alpha value is -2.43. The third kappa shape index (κ3) is 3.91. The number of rotatable bonds is 5. The number of carbonyl (C=O) groups is 1. The molecule has 1 saturated carbocycles. The van der Waals surface area contributed by atoms with Crippen molar-refractivity contribution in [2.24, 2.45) is 5.92 Å². The van der Waals surface area contributed by atoms with Gasteiger partial charge in [-0.15, -0.1) is 10.2 Å². The van der Waals surface area contributed by atoms with Crippen molar-refractivity contribution in [3.05, 3.63) is 42.0 Å². The SMILES string of the molecule is COc1ccc(-c2ccccc2C(=O)NCC2CCCCC2)nn1. The van der Waals surface area contributed by atoms with E-state index >= 15 is 0 Å². The first kappa shape index (κ1) is 16.4. The predicted octanol–water partition coefficient (Wildman–Crippen LogP) is 3.46. The maximum Gasteiger partial charge on any atom is 0.251 e. The Labute approximate surface area is 142 Å². The predicted molar refractivity (Wildman–Crippen MR) is 92.9 cm³/mol. The Balaban J connectivity index is 1.73. The van der Waals surface area contributed by atoms with Gasteiger partial charge in [0, 0.05) is 23.7 Å². The summed E-state index contributed by atoms with van der Waals surface area (Å²) < 4.78 is 5.04. The number of aromatic nitrogens is 2. The van der Waals surface area contributed by atoms with Crippen LogP contribution in [0, 0.1) is 5.92 Å². The van der Waals surface area contributed by atoms with Crippen LogP contribution in [-0.2, 0) is 0 Å². The highest BCUT2D eigenvalue weighted by atomic mass is 16.5. The van der Waals surface area contributed by atoms with E-state index in [1.54, 1.807) is 13.2 Å². The van der Waals surface area contributed by atoms with E-state index in [9.17, 15) is 4.79 Å². The van der Waals surface area contributed by atoms with Crippen LogP contribution in [0.3, 0.4) is 0 Å². The van der Waals surface area contributed by atoms with Crippen molar-refractivity contribution in [2.75, 3.05) is 13.7 Å². The summed E-state index contributed by atoms with van der Waals surface area (Å²) in [4.78, 5) is 12.6. The average Bonchev–Trinajstić information content (AvgIpc) is 2.67. The monoisotopic (exact) mass is 325 g/mol. The second-order valence-electron chi connectivity index (χ2n) is 6.22. The minimum atomic E-state index is -0.0474. The largest absolute Gasteiger partial charge is 0.480 e. The van der Waals surface area contributed by atoms with Gasteiger partial charge in [-0.25, -0.2) is 0 Å². The summed E-state index contributed by atoms with van der Waals surface area (Å²) in [6, 6.07) is 11.1. The number of methoxy groups -OCH3 is 1. The Morgan fingerprint density at radius 3 is 2.62 bits per heavy atom. The molecule has 0 spiro atoms. The molecule has 5 heteroatoms. The molecule has 1 amide bonds. The van der Waals surface area contributed by atoms with Gasteiger partial charge in [-0.3, -0.25) is 4.79 Å². The summed E-state index contributed by atoms with van der Waals surface area (Å²) in [6.07, 6.45) is 6.30. The van der Waals surface area contributed by atoms with E-state index in [-0.39, 0.29) is 5.91 Å². The first-order valence-electron chi connectivity index (χ1n) is 8.53. The molecule has 1 N–H and O–H groups in total. The van der Waals surface area contributed by atoms with Gasteiger partial charge in [0.05, 0.1) is 12.8 Å². The molecular formula is C19H23N3O2. The number of benzene rings is 1. The fourth-order valence-electron chi connectivity index (χ4n) is 3.20. The molecule has 1 aliphatic rings. The van der Waals surface area contributed by atoms with E-state index < -0.39 is 0 Å². The quantitative estimate of drug-likeness (QED) is 0.914. The fourth-order valence-corrected chi connectivity index (χ4v) is 3.20. The van der Waals surface area contributed by atoms with E-state index in [1.165, 1.54) is 32.1 Å². The highest BCUT2D eigenvalue weighted by Crippen LogP contribution is 2.24. The summed E-state index contributed by atoms with van der Waals surface area (Å²) in [5.74, 6) is 1.02. The van der Waals surface area contributed by atoms with E-state index in [4.69, 9.17) is 4.74 Å². The maximum absolute atomic E-state index is 12.6. The first-order valence-corrected chi connectivity index (χ1v) is 8.53. The number of nitrogens with one attached hydrogen (secondary N) is 1. The minimum absolute atomic E-state index is 0.0474. The van der Waals surface area contributed by atoms with Crippen LogP contribution in [0.2, 0.25) is 0 Å². The van der Waals surface area contributed by atoms with Crippen molar-refractivity contribution in [3.63, 3.8) is 0 Å². The van der Waals surface area contributed by atoms with Crippen molar-refractivity contribution >= 4 is 5.91 Å². The van der Waals surface area contributed by atoms with E-state index in [0.717, 1.165) is 12.1 Å². The van der Waals surface area contributed by atoms with Gasteiger partial charge in [-0.05, 0) is 30.9 Å². The van der Waals surface area contributed by atoms with Crippen molar-refractivity contribution < 1.29 is 9.53 Å². The molecule has 0 bridgehead atoms. The molecule has 24 heavy (non-hydrogen) atoms. The number of carbonyl (C=O) groups excluding carboxylic acids is 1. The number of ether oxygens (including phenoxy) is 1. The molecule has 126 valence electrons. The van der Waals surface area contributed by atoms with Crippen molar-refractivity contribution in [3.8, 4) is 17.1 Å². The van der Waals surface area contributed by atoms with Gasteiger partial charge >= 0.3 is 0 Å². The van der Waals surface area contributed by atoms with Crippen molar-refractivity contribution in [2.45, 2.75) is 32.1 Å². The van der Waals surface area contributed by atoms with Crippen LogP contribution in [0.1, 0.15) is 42.5 Å². The number of nitrogens with zero attached hydrogens (tertiary/aromatic N) is 2. The van der Waals surface area contributed by atoms with Crippen LogP contribution in [0.25, 0.3) is 11.3 Å². The van der Waals surface area contributed by atoms with Crippen molar-refractivity contribution in [1.82, 2.24) is 15.5 Å². The van der Waals surface area contributed by atoms with Gasteiger partial charge in [0.2, 0.25) is 5.88 Å². The zero-order valence-electron chi connectivity index (χ0n) is 14.0. The lowest BCUT2D eigenvalue weighted by atomic mass is 9.89.